The number of allylic oxidation sites excluding steroid dienone is 2. The molecule has 23 heavy (non-hydrogen) atoms. The Morgan fingerprint density at radius 2 is 1.43 bits per heavy atom. The van der Waals surface area contributed by atoms with E-state index in [0.717, 1.165) is 29.2 Å². The molecule has 1 aliphatic carbocycles. The van der Waals surface area contributed by atoms with Gasteiger partial charge in [0.2, 0.25) is 7.29 Å². The second-order valence-electron chi connectivity index (χ2n) is 6.34. The molecule has 2 aromatic carbocycles. The van der Waals surface area contributed by atoms with Crippen molar-refractivity contribution in [2.24, 2.45) is 10.7 Å². The highest BCUT2D eigenvalue weighted by Crippen LogP contribution is 2.46. The van der Waals surface area contributed by atoms with Crippen LogP contribution in [0, 0.1) is 5.92 Å². The van der Waals surface area contributed by atoms with Gasteiger partial charge in [-0.05, 0) is 56.0 Å². The minimum atomic E-state index is -3.00. The van der Waals surface area contributed by atoms with E-state index in [-0.39, 0.29) is 0 Å². The lowest BCUT2D eigenvalue weighted by Crippen LogP contribution is -2.17. The van der Waals surface area contributed by atoms with Crippen LogP contribution in [0.15, 0.2) is 77.1 Å². The van der Waals surface area contributed by atoms with Crippen molar-refractivity contribution in [1.82, 2.24) is 0 Å². The summed E-state index contributed by atoms with van der Waals surface area (Å²) < 4.78 is 18.7. The van der Waals surface area contributed by atoms with Gasteiger partial charge in [0.15, 0.2) is 0 Å². The zero-order valence-corrected chi connectivity index (χ0v) is 14.5. The summed E-state index contributed by atoms with van der Waals surface area (Å²) in [6.45, 7) is 4.35. The summed E-state index contributed by atoms with van der Waals surface area (Å²) in [5.41, 5.74) is 2.27. The zero-order valence-electron chi connectivity index (χ0n) is 13.6. The van der Waals surface area contributed by atoms with E-state index in [0.29, 0.717) is 5.92 Å². The first kappa shape index (κ1) is 16.0. The molecule has 0 heterocycles. The van der Waals surface area contributed by atoms with Gasteiger partial charge in [0.1, 0.15) is 0 Å². The van der Waals surface area contributed by atoms with Crippen molar-refractivity contribution >= 4 is 23.6 Å². The minimum absolute atomic E-state index is 0.554. The predicted octanol–water partition coefficient (Wildman–Crippen LogP) is 4.73. The zero-order chi connectivity index (χ0) is 16.3. The number of hydrogen-bond acceptors (Lipinski definition) is 1. The number of rotatable bonds is 3. The van der Waals surface area contributed by atoms with Crippen LogP contribution in [-0.4, -0.2) is 5.71 Å². The van der Waals surface area contributed by atoms with Gasteiger partial charge in [0.25, 0.3) is 0 Å². The van der Waals surface area contributed by atoms with Crippen LogP contribution in [0.3, 0.4) is 0 Å². The Morgan fingerprint density at radius 3 is 1.91 bits per heavy atom. The van der Waals surface area contributed by atoms with Crippen molar-refractivity contribution in [2.75, 3.05) is 0 Å². The predicted molar refractivity (Wildman–Crippen MR) is 99.3 cm³/mol. The van der Waals surface area contributed by atoms with Crippen molar-refractivity contribution in [1.29, 1.82) is 0 Å². The highest BCUT2D eigenvalue weighted by atomic mass is 31.2. The third-order valence-electron chi connectivity index (χ3n) is 4.12. The first-order valence-electron chi connectivity index (χ1n) is 8.05. The highest BCUT2D eigenvalue weighted by molar-refractivity contribution is 7.77. The average Bonchev–Trinajstić information content (AvgIpc) is 2.55. The van der Waals surface area contributed by atoms with Gasteiger partial charge >= 0.3 is 0 Å². The molecule has 0 N–H and O–H groups in total. The lowest BCUT2D eigenvalue weighted by Gasteiger charge is -2.21. The van der Waals surface area contributed by atoms with E-state index in [1.54, 1.807) is 0 Å². The van der Waals surface area contributed by atoms with Crippen LogP contribution in [0.5, 0.6) is 0 Å². The Hall–Kier alpha value is -1.92. The summed E-state index contributed by atoms with van der Waals surface area (Å²) >= 11 is 0. The van der Waals surface area contributed by atoms with Crippen LogP contribution in [0.4, 0.5) is 0 Å². The van der Waals surface area contributed by atoms with E-state index in [9.17, 15) is 4.57 Å². The minimum Gasteiger partial charge on any atom is -0.288 e. The first-order chi connectivity index (χ1) is 11.1. The molecule has 0 radical (unpaired) electrons. The maximum atomic E-state index is 13.9. The molecule has 0 amide bonds. The number of nitrogens with zero attached hydrogens (tertiary/aromatic N) is 1. The molecule has 0 aliphatic heterocycles. The van der Waals surface area contributed by atoms with E-state index >= 15 is 0 Å². The standard InChI is InChI=1S/C20H22NOP/c1-16-13-17(2)15-18(14-16)21-23(22,19-9-5-3-6-10-19)20-11-7-4-8-12-20/h3-12,14,17H,13,15H2,1-2H3/b21-18-. The molecular formula is C20H22NOP. The molecule has 2 aromatic rings. The van der Waals surface area contributed by atoms with Crippen LogP contribution >= 0.6 is 7.29 Å². The SMILES string of the molecule is CC1=C/C(=N/P(=O)(c2ccccc2)c2ccccc2)CC(C)C1. The molecule has 3 rings (SSSR count). The molecule has 0 saturated heterocycles. The topological polar surface area (TPSA) is 29.4 Å². The van der Waals surface area contributed by atoms with Gasteiger partial charge in [-0.15, -0.1) is 0 Å². The number of benzene rings is 2. The molecule has 0 bridgehead atoms. The van der Waals surface area contributed by atoms with Crippen LogP contribution < -0.4 is 10.6 Å². The molecule has 0 aromatic heterocycles. The Labute approximate surface area is 138 Å². The Bertz CT molecular complexity index is 734. The average molecular weight is 323 g/mol. The van der Waals surface area contributed by atoms with Crippen molar-refractivity contribution in [3.63, 3.8) is 0 Å². The molecule has 2 nitrogen and oxygen atoms in total. The summed E-state index contributed by atoms with van der Waals surface area (Å²) in [6, 6.07) is 19.3. The maximum absolute atomic E-state index is 13.9. The van der Waals surface area contributed by atoms with Gasteiger partial charge in [-0.2, -0.15) is 0 Å². The van der Waals surface area contributed by atoms with Gasteiger partial charge in [-0.1, -0.05) is 48.9 Å². The quantitative estimate of drug-likeness (QED) is 0.751. The smallest absolute Gasteiger partial charge is 0.247 e. The second kappa shape index (κ2) is 6.68. The first-order valence-corrected chi connectivity index (χ1v) is 9.71. The van der Waals surface area contributed by atoms with E-state index in [1.807, 2.05) is 60.7 Å². The fourth-order valence-corrected chi connectivity index (χ4v) is 5.34. The molecular weight excluding hydrogens is 301 g/mol. The lowest BCUT2D eigenvalue weighted by atomic mass is 9.90. The molecule has 0 spiro atoms. The Kier molecular flexibility index (Phi) is 4.63. The van der Waals surface area contributed by atoms with Gasteiger partial charge < -0.3 is 0 Å². The van der Waals surface area contributed by atoms with E-state index in [1.165, 1.54) is 5.57 Å². The van der Waals surface area contributed by atoms with Crippen LogP contribution in [0.25, 0.3) is 0 Å². The monoisotopic (exact) mass is 323 g/mol. The molecule has 1 atom stereocenters. The van der Waals surface area contributed by atoms with Crippen LogP contribution in [-0.2, 0) is 4.57 Å². The van der Waals surface area contributed by atoms with E-state index < -0.39 is 7.29 Å². The fraction of sp³-hybridized carbons (Fsp3) is 0.250. The largest absolute Gasteiger partial charge is 0.288 e. The number of hydrogen-bond donors (Lipinski definition) is 0. The maximum Gasteiger partial charge on any atom is 0.247 e. The fourth-order valence-electron chi connectivity index (χ4n) is 3.16. The lowest BCUT2D eigenvalue weighted by molar-refractivity contribution is 0.584. The van der Waals surface area contributed by atoms with Gasteiger partial charge in [-0.25, -0.2) is 4.76 Å². The molecule has 3 heteroatoms. The molecule has 0 saturated carbocycles. The van der Waals surface area contributed by atoms with Crippen molar-refractivity contribution in [3.8, 4) is 0 Å². The van der Waals surface area contributed by atoms with E-state index in [2.05, 4.69) is 19.9 Å². The molecule has 1 aliphatic rings. The Balaban J connectivity index is 2.14. The summed E-state index contributed by atoms with van der Waals surface area (Å²) in [5.74, 6) is 0.554. The van der Waals surface area contributed by atoms with Gasteiger partial charge in [0, 0.05) is 16.3 Å². The van der Waals surface area contributed by atoms with E-state index in [4.69, 9.17) is 4.76 Å². The highest BCUT2D eigenvalue weighted by Gasteiger charge is 2.27. The summed E-state index contributed by atoms with van der Waals surface area (Å²) in [4.78, 5) is 0. The molecule has 118 valence electrons. The third-order valence-corrected chi connectivity index (χ3v) is 6.66. The van der Waals surface area contributed by atoms with Crippen LogP contribution in [0.2, 0.25) is 0 Å². The van der Waals surface area contributed by atoms with Gasteiger partial charge in [0.05, 0.1) is 0 Å². The summed E-state index contributed by atoms with van der Waals surface area (Å²) in [6.07, 6.45) is 4.10. The van der Waals surface area contributed by atoms with Crippen molar-refractivity contribution in [3.05, 3.63) is 72.3 Å². The van der Waals surface area contributed by atoms with Crippen molar-refractivity contribution < 1.29 is 4.57 Å². The Morgan fingerprint density at radius 1 is 0.913 bits per heavy atom. The van der Waals surface area contributed by atoms with Crippen LogP contribution in [0.1, 0.15) is 26.7 Å². The van der Waals surface area contributed by atoms with Crippen molar-refractivity contribution in [2.45, 2.75) is 26.7 Å². The normalized spacial score (nSPS) is 20.3. The second-order valence-corrected chi connectivity index (χ2v) is 8.73. The van der Waals surface area contributed by atoms with Gasteiger partial charge in [-0.3, -0.25) is 4.57 Å². The third kappa shape index (κ3) is 3.54. The molecule has 1 unspecified atom stereocenters. The summed E-state index contributed by atoms with van der Waals surface area (Å²) in [5, 5.41) is 1.59. The molecule has 0 fully saturated rings. The summed E-state index contributed by atoms with van der Waals surface area (Å²) in [7, 11) is -3.00.